The second-order valence-corrected chi connectivity index (χ2v) is 5.12. The van der Waals surface area contributed by atoms with Gasteiger partial charge in [-0.15, -0.1) is 11.3 Å². The van der Waals surface area contributed by atoms with Crippen molar-refractivity contribution in [1.29, 1.82) is 0 Å². The average molecular weight is 312 g/mol. The summed E-state index contributed by atoms with van der Waals surface area (Å²) in [6.45, 7) is 0. The minimum atomic E-state index is -0.915. The maximum atomic E-state index is 11.3. The minimum absolute atomic E-state index is 0.324. The van der Waals surface area contributed by atoms with Crippen LogP contribution < -0.4 is 5.32 Å². The Kier molecular flexibility index (Phi) is 3.49. The summed E-state index contributed by atoms with van der Waals surface area (Å²) in [6.07, 6.45) is 0. The Bertz CT molecular complexity index is 565. The number of carboxylic acid groups (broad SMARTS) is 1. The van der Waals surface area contributed by atoms with Crippen LogP contribution in [0.5, 0.6) is 0 Å². The Morgan fingerprint density at radius 2 is 2.06 bits per heavy atom. The molecule has 0 aliphatic carbocycles. The number of anilines is 1. The van der Waals surface area contributed by atoms with Crippen molar-refractivity contribution in [2.45, 2.75) is 0 Å². The number of carbonyl (C=O) groups is 1. The van der Waals surface area contributed by atoms with Crippen molar-refractivity contribution in [3.8, 4) is 11.1 Å². The van der Waals surface area contributed by atoms with Crippen LogP contribution >= 0.6 is 27.3 Å². The Morgan fingerprint density at radius 3 is 2.65 bits per heavy atom. The predicted octanol–water partition coefficient (Wildman–Crippen LogP) is 3.92. The molecule has 0 aliphatic heterocycles. The molecule has 88 valence electrons. The smallest absolute Gasteiger partial charge is 0.339 e. The number of hydrogen-bond donors (Lipinski definition) is 2. The molecule has 0 saturated heterocycles. The van der Waals surface area contributed by atoms with Crippen LogP contribution in [0.4, 0.5) is 5.00 Å². The summed E-state index contributed by atoms with van der Waals surface area (Å²) in [4.78, 5) is 11.3. The third-order valence-electron chi connectivity index (χ3n) is 2.40. The van der Waals surface area contributed by atoms with Gasteiger partial charge in [0.25, 0.3) is 0 Å². The van der Waals surface area contributed by atoms with Crippen molar-refractivity contribution in [2.75, 3.05) is 12.4 Å². The van der Waals surface area contributed by atoms with Crippen LogP contribution in [0, 0.1) is 0 Å². The lowest BCUT2D eigenvalue weighted by atomic mass is 10.0. The summed E-state index contributed by atoms with van der Waals surface area (Å²) < 4.78 is 0.892. The fraction of sp³-hybridized carbons (Fsp3) is 0.0833. The molecule has 0 saturated carbocycles. The van der Waals surface area contributed by atoms with Crippen molar-refractivity contribution in [3.63, 3.8) is 0 Å². The van der Waals surface area contributed by atoms with Crippen LogP contribution in [0.1, 0.15) is 10.4 Å². The molecular formula is C12H10BrNO2S. The van der Waals surface area contributed by atoms with Crippen molar-refractivity contribution < 1.29 is 9.90 Å². The van der Waals surface area contributed by atoms with Crippen molar-refractivity contribution in [1.82, 2.24) is 0 Å². The third-order valence-corrected chi connectivity index (χ3v) is 4.08. The van der Waals surface area contributed by atoms with Gasteiger partial charge in [0.1, 0.15) is 10.6 Å². The molecule has 0 fully saturated rings. The Balaban J connectivity index is 2.64. The lowest BCUT2D eigenvalue weighted by Crippen LogP contribution is -2.01. The average Bonchev–Trinajstić information content (AvgIpc) is 2.73. The first kappa shape index (κ1) is 12.1. The van der Waals surface area contributed by atoms with Crippen molar-refractivity contribution in [2.24, 2.45) is 0 Å². The van der Waals surface area contributed by atoms with E-state index < -0.39 is 5.97 Å². The van der Waals surface area contributed by atoms with Gasteiger partial charge in [-0.1, -0.05) is 34.1 Å². The quantitative estimate of drug-likeness (QED) is 0.903. The number of rotatable bonds is 3. The molecule has 0 bridgehead atoms. The summed E-state index contributed by atoms with van der Waals surface area (Å²) in [6, 6.07) is 7.59. The van der Waals surface area contributed by atoms with Gasteiger partial charge in [0, 0.05) is 22.5 Å². The molecule has 17 heavy (non-hydrogen) atoms. The molecule has 0 aliphatic rings. The van der Waals surface area contributed by atoms with Gasteiger partial charge in [-0.25, -0.2) is 4.79 Å². The zero-order chi connectivity index (χ0) is 12.4. The van der Waals surface area contributed by atoms with Gasteiger partial charge in [0.15, 0.2) is 0 Å². The number of nitrogens with one attached hydrogen (secondary N) is 1. The summed E-state index contributed by atoms with van der Waals surface area (Å²) >= 11 is 4.83. The molecule has 0 spiro atoms. The molecule has 1 heterocycles. The van der Waals surface area contributed by atoms with Crippen LogP contribution in [-0.2, 0) is 0 Å². The molecule has 2 rings (SSSR count). The van der Waals surface area contributed by atoms with E-state index in [1.165, 1.54) is 11.3 Å². The van der Waals surface area contributed by atoms with E-state index in [1.807, 2.05) is 29.6 Å². The zero-order valence-electron chi connectivity index (χ0n) is 9.03. The van der Waals surface area contributed by atoms with Gasteiger partial charge < -0.3 is 10.4 Å². The molecule has 0 unspecified atom stereocenters. The lowest BCUT2D eigenvalue weighted by Gasteiger charge is -2.05. The highest BCUT2D eigenvalue weighted by atomic mass is 79.9. The Morgan fingerprint density at radius 1 is 1.35 bits per heavy atom. The van der Waals surface area contributed by atoms with E-state index in [1.54, 1.807) is 7.05 Å². The summed E-state index contributed by atoms with van der Waals surface area (Å²) in [5, 5.41) is 14.7. The third kappa shape index (κ3) is 2.21. The van der Waals surface area contributed by atoms with Crippen LogP contribution in [0.25, 0.3) is 11.1 Å². The molecule has 2 N–H and O–H groups in total. The molecule has 0 radical (unpaired) electrons. The molecule has 5 heteroatoms. The highest BCUT2D eigenvalue weighted by Gasteiger charge is 2.19. The first-order chi connectivity index (χ1) is 8.15. The first-order valence-electron chi connectivity index (χ1n) is 4.92. The largest absolute Gasteiger partial charge is 0.478 e. The maximum Gasteiger partial charge on any atom is 0.339 e. The van der Waals surface area contributed by atoms with Crippen LogP contribution in [0.3, 0.4) is 0 Å². The molecule has 0 amide bonds. The Labute approximate surface area is 111 Å². The van der Waals surface area contributed by atoms with Crippen LogP contribution in [0.2, 0.25) is 0 Å². The van der Waals surface area contributed by atoms with Gasteiger partial charge in [-0.2, -0.15) is 0 Å². The Hall–Kier alpha value is -1.33. The van der Waals surface area contributed by atoms with Crippen LogP contribution in [-0.4, -0.2) is 18.1 Å². The topological polar surface area (TPSA) is 49.3 Å². The fourth-order valence-electron chi connectivity index (χ4n) is 1.63. The van der Waals surface area contributed by atoms with Crippen molar-refractivity contribution in [3.05, 3.63) is 39.7 Å². The van der Waals surface area contributed by atoms with Gasteiger partial charge in [-0.3, -0.25) is 0 Å². The number of aromatic carboxylic acids is 1. The van der Waals surface area contributed by atoms with Gasteiger partial charge in [0.05, 0.1) is 0 Å². The molecule has 1 aromatic heterocycles. The highest BCUT2D eigenvalue weighted by molar-refractivity contribution is 9.10. The summed E-state index contributed by atoms with van der Waals surface area (Å²) in [5.74, 6) is -0.915. The second-order valence-electron chi connectivity index (χ2n) is 3.39. The van der Waals surface area contributed by atoms with E-state index in [4.69, 9.17) is 0 Å². The number of hydrogen-bond acceptors (Lipinski definition) is 3. The molecular weight excluding hydrogens is 302 g/mol. The first-order valence-corrected chi connectivity index (χ1v) is 6.60. The fourth-order valence-corrected chi connectivity index (χ4v) is 3.04. The molecule has 2 aromatic rings. The maximum absolute atomic E-state index is 11.3. The standard InChI is InChI=1S/C12H10BrNO2S/c1-14-11-10(12(15)16)8(6-17-11)7-4-2-3-5-9(7)13/h2-6,14H,1H3,(H,15,16). The van der Waals surface area contributed by atoms with E-state index >= 15 is 0 Å². The molecule has 0 atom stereocenters. The SMILES string of the molecule is CNc1scc(-c2ccccc2Br)c1C(=O)O. The lowest BCUT2D eigenvalue weighted by molar-refractivity contribution is 0.0699. The monoisotopic (exact) mass is 311 g/mol. The normalized spacial score (nSPS) is 10.2. The summed E-state index contributed by atoms with van der Waals surface area (Å²) in [7, 11) is 1.72. The van der Waals surface area contributed by atoms with Crippen molar-refractivity contribution >= 4 is 38.2 Å². The van der Waals surface area contributed by atoms with E-state index in [-0.39, 0.29) is 0 Å². The van der Waals surface area contributed by atoms with E-state index in [0.29, 0.717) is 10.6 Å². The zero-order valence-corrected chi connectivity index (χ0v) is 11.4. The second kappa shape index (κ2) is 4.89. The van der Waals surface area contributed by atoms with Gasteiger partial charge in [0.2, 0.25) is 0 Å². The minimum Gasteiger partial charge on any atom is -0.478 e. The highest BCUT2D eigenvalue weighted by Crippen LogP contribution is 2.38. The number of thiophene rings is 1. The number of carboxylic acids is 1. The molecule has 3 nitrogen and oxygen atoms in total. The molecule has 1 aromatic carbocycles. The summed E-state index contributed by atoms with van der Waals surface area (Å²) in [5.41, 5.74) is 1.95. The van der Waals surface area contributed by atoms with E-state index in [2.05, 4.69) is 21.2 Å². The van der Waals surface area contributed by atoms with Crippen LogP contribution in [0.15, 0.2) is 34.1 Å². The predicted molar refractivity (Wildman–Crippen MR) is 74.0 cm³/mol. The van der Waals surface area contributed by atoms with E-state index in [9.17, 15) is 9.90 Å². The van der Waals surface area contributed by atoms with Gasteiger partial charge in [-0.05, 0) is 11.6 Å². The number of halogens is 1. The number of benzene rings is 1. The van der Waals surface area contributed by atoms with Gasteiger partial charge >= 0.3 is 5.97 Å². The van der Waals surface area contributed by atoms with E-state index in [0.717, 1.165) is 15.6 Å².